The van der Waals surface area contributed by atoms with E-state index in [4.69, 9.17) is 4.74 Å². The molecule has 1 atom stereocenters. The Labute approximate surface area is 197 Å². The minimum atomic E-state index is -1.12. The summed E-state index contributed by atoms with van der Waals surface area (Å²) in [5.74, 6) is -0.172. The Kier molecular flexibility index (Phi) is 7.87. The second-order valence-electron chi connectivity index (χ2n) is 5.53. The molecule has 8 heteroatoms. The average Bonchev–Trinajstić information content (AvgIpc) is 2.88. The zero-order valence-corrected chi connectivity index (χ0v) is 18.0. The number of aliphatic carboxylic acids is 1. The van der Waals surface area contributed by atoms with E-state index in [0.29, 0.717) is 23.5 Å². The Morgan fingerprint density at radius 3 is 2.00 bits per heavy atom. The Hall–Kier alpha value is -1.16. The van der Waals surface area contributed by atoms with Gasteiger partial charge in [-0.3, -0.25) is 14.9 Å². The van der Waals surface area contributed by atoms with Crippen molar-refractivity contribution >= 4 is 28.9 Å². The molecule has 6 nitrogen and oxygen atoms in total. The second-order valence-corrected chi connectivity index (χ2v) is 6.70. The van der Waals surface area contributed by atoms with Crippen LogP contribution in [0.25, 0.3) is 0 Å². The first-order valence-corrected chi connectivity index (χ1v) is 8.44. The van der Waals surface area contributed by atoms with Gasteiger partial charge >= 0.3 is 51.4 Å². The van der Waals surface area contributed by atoms with E-state index in [-0.39, 0.29) is 69.0 Å². The van der Waals surface area contributed by atoms with E-state index >= 15 is 0 Å². The smallest absolute Gasteiger partial charge is 0.550 e. The predicted octanol–water partition coefficient (Wildman–Crippen LogP) is -1.33. The van der Waals surface area contributed by atoms with Gasteiger partial charge in [-0.25, -0.2) is 0 Å². The van der Waals surface area contributed by atoms with Gasteiger partial charge in [0, 0.05) is 12.4 Å². The van der Waals surface area contributed by atoms with Crippen molar-refractivity contribution in [2.45, 2.75) is 18.1 Å². The van der Waals surface area contributed by atoms with E-state index in [2.05, 4.69) is 5.32 Å². The fraction of sp³-hybridized carbons (Fsp3) is 0.167. The topological polar surface area (TPSA) is 95.5 Å². The number of imide groups is 1. The van der Waals surface area contributed by atoms with Crippen LogP contribution in [0, 0.1) is 0 Å². The number of hydrogen-bond acceptors (Lipinski definition) is 6. The first-order valence-electron chi connectivity index (χ1n) is 7.56. The molecule has 0 saturated carbocycles. The van der Waals surface area contributed by atoms with Crippen molar-refractivity contribution < 1.29 is 75.6 Å². The largest absolute Gasteiger partial charge is 1.00 e. The molecule has 1 saturated heterocycles. The van der Waals surface area contributed by atoms with Crippen LogP contribution in [0.1, 0.15) is 11.1 Å². The number of hydrogen-bond donors (Lipinski definition) is 1. The van der Waals surface area contributed by atoms with Gasteiger partial charge in [0.2, 0.25) is 5.91 Å². The molecule has 2 amide bonds. The van der Waals surface area contributed by atoms with Gasteiger partial charge in [-0.1, -0.05) is 36.0 Å². The van der Waals surface area contributed by atoms with Crippen LogP contribution in [0.3, 0.4) is 0 Å². The van der Waals surface area contributed by atoms with Gasteiger partial charge in [-0.2, -0.15) is 0 Å². The van der Waals surface area contributed by atoms with Crippen LogP contribution in [-0.4, -0.2) is 22.4 Å². The van der Waals surface area contributed by atoms with Gasteiger partial charge in [0.05, 0.1) is 5.25 Å². The van der Waals surface area contributed by atoms with Crippen LogP contribution >= 0.6 is 11.8 Å². The molecule has 2 aromatic carbocycles. The summed E-state index contributed by atoms with van der Waals surface area (Å²) < 4.78 is 5.70. The monoisotopic (exact) mass is 395 g/mol. The Balaban J connectivity index is 0.00000243. The number of carboxylic acids is 1. The molecule has 0 radical (unpaired) electrons. The van der Waals surface area contributed by atoms with Gasteiger partial charge in [0.15, 0.2) is 0 Å². The summed E-state index contributed by atoms with van der Waals surface area (Å²) in [5.41, 5.74) is 1.57. The quantitative estimate of drug-likeness (QED) is 0.609. The predicted molar refractivity (Wildman–Crippen MR) is 90.3 cm³/mol. The van der Waals surface area contributed by atoms with Gasteiger partial charge in [0.25, 0.3) is 5.24 Å². The molecule has 26 heavy (non-hydrogen) atoms. The van der Waals surface area contributed by atoms with Crippen molar-refractivity contribution in [1.29, 1.82) is 0 Å². The summed E-state index contributed by atoms with van der Waals surface area (Å²) in [4.78, 5) is 33.3. The van der Waals surface area contributed by atoms with Crippen molar-refractivity contribution in [3.05, 3.63) is 59.7 Å². The number of thioether (sulfide) groups is 1. The van der Waals surface area contributed by atoms with Crippen LogP contribution in [0.2, 0.25) is 0 Å². The number of amides is 2. The van der Waals surface area contributed by atoms with E-state index < -0.39 is 11.2 Å². The molecule has 1 fully saturated rings. The van der Waals surface area contributed by atoms with E-state index in [9.17, 15) is 19.5 Å². The maximum atomic E-state index is 11.6. The molecule has 1 heterocycles. The summed E-state index contributed by atoms with van der Waals surface area (Å²) in [6.07, 6.45) is 0.338. The molecule has 1 aliphatic rings. The summed E-state index contributed by atoms with van der Waals surface area (Å²) in [6.45, 7) is 0. The zero-order chi connectivity index (χ0) is 17.8. The van der Waals surface area contributed by atoms with Gasteiger partial charge in [-0.05, 0) is 41.8 Å². The summed E-state index contributed by atoms with van der Waals surface area (Å²) in [7, 11) is 0. The van der Waals surface area contributed by atoms with Crippen LogP contribution in [0.15, 0.2) is 48.5 Å². The van der Waals surface area contributed by atoms with Crippen molar-refractivity contribution in [3.63, 3.8) is 0 Å². The second kappa shape index (κ2) is 9.68. The number of carbonyl (C=O) groups is 3. The standard InChI is InChI=1S/C18H15NO5S.K/c20-16(21)10-12-3-7-14(8-4-12)24-13-5-1-11(2-6-13)9-15-17(22)19-18(23)25-15;/h1-8,15H,9-10H2,(H,20,21)(H,19,22,23);/q;+1/p-1. The van der Waals surface area contributed by atoms with Crippen molar-refractivity contribution in [1.82, 2.24) is 5.32 Å². The molecule has 1 aliphatic heterocycles. The first-order chi connectivity index (χ1) is 12.0. The number of rotatable bonds is 6. The van der Waals surface area contributed by atoms with Crippen molar-refractivity contribution in [3.8, 4) is 11.5 Å². The maximum absolute atomic E-state index is 11.6. The molecule has 1 N–H and O–H groups in total. The van der Waals surface area contributed by atoms with Gasteiger partial charge in [-0.15, -0.1) is 0 Å². The van der Waals surface area contributed by atoms with Gasteiger partial charge < -0.3 is 14.6 Å². The Morgan fingerprint density at radius 1 is 1.00 bits per heavy atom. The molecule has 0 spiro atoms. The summed E-state index contributed by atoms with van der Waals surface area (Å²) in [6, 6.07) is 14.0. The van der Waals surface area contributed by atoms with Crippen LogP contribution in [-0.2, 0) is 22.4 Å². The molecular formula is C18H14KNO5S. The number of ether oxygens (including phenoxy) is 1. The van der Waals surface area contributed by atoms with Gasteiger partial charge in [0.1, 0.15) is 11.5 Å². The van der Waals surface area contributed by atoms with Crippen LogP contribution < -0.4 is 66.5 Å². The number of benzene rings is 2. The van der Waals surface area contributed by atoms with E-state index in [0.717, 1.165) is 17.3 Å². The third-order valence-electron chi connectivity index (χ3n) is 3.62. The minimum absolute atomic E-state index is 0. The van der Waals surface area contributed by atoms with Crippen LogP contribution in [0.5, 0.6) is 11.5 Å². The van der Waals surface area contributed by atoms with E-state index in [1.807, 2.05) is 12.1 Å². The molecule has 0 aliphatic carbocycles. The molecule has 3 rings (SSSR count). The molecule has 0 aromatic heterocycles. The van der Waals surface area contributed by atoms with Crippen molar-refractivity contribution in [2.75, 3.05) is 0 Å². The zero-order valence-electron chi connectivity index (χ0n) is 14.1. The summed E-state index contributed by atoms with van der Waals surface area (Å²) in [5, 5.41) is 12.1. The first kappa shape index (κ1) is 21.1. The third-order valence-corrected chi connectivity index (χ3v) is 4.60. The van der Waals surface area contributed by atoms with E-state index in [1.165, 1.54) is 0 Å². The number of nitrogens with one attached hydrogen (secondary N) is 1. The SMILES string of the molecule is O=C([O-])Cc1ccc(Oc2ccc(CC3SC(=O)NC3=O)cc2)cc1.[K+]. The van der Waals surface area contributed by atoms with Crippen LogP contribution in [0.4, 0.5) is 4.79 Å². The minimum Gasteiger partial charge on any atom is -0.550 e. The fourth-order valence-corrected chi connectivity index (χ4v) is 3.27. The molecule has 2 aromatic rings. The molecule has 128 valence electrons. The average molecular weight is 395 g/mol. The third kappa shape index (κ3) is 5.93. The Morgan fingerprint density at radius 2 is 1.54 bits per heavy atom. The maximum Gasteiger partial charge on any atom is 1.00 e. The van der Waals surface area contributed by atoms with Crippen molar-refractivity contribution in [2.24, 2.45) is 0 Å². The van der Waals surface area contributed by atoms with E-state index in [1.54, 1.807) is 36.4 Å². The summed E-state index contributed by atoms with van der Waals surface area (Å²) >= 11 is 1.00. The molecule has 1 unspecified atom stereocenters. The molecule has 0 bridgehead atoms. The number of carboxylic acid groups (broad SMARTS) is 1. The number of carbonyl (C=O) groups excluding carboxylic acids is 3. The fourth-order valence-electron chi connectivity index (χ4n) is 2.41. The normalized spacial score (nSPS) is 15.9. The Bertz CT molecular complexity index is 807. The molecular weight excluding hydrogens is 381 g/mol.